The van der Waals surface area contributed by atoms with Crippen molar-refractivity contribution in [3.05, 3.63) is 0 Å². The molecule has 0 saturated heterocycles. The Kier molecular flexibility index (Phi) is 3.27. The van der Waals surface area contributed by atoms with E-state index in [-0.39, 0.29) is 5.60 Å². The van der Waals surface area contributed by atoms with Gasteiger partial charge in [0.25, 0.3) is 0 Å². The second-order valence-corrected chi connectivity index (χ2v) is 6.49. The average molecular weight is 199 g/mol. The molecule has 14 heavy (non-hydrogen) atoms. The molecule has 0 aromatic heterocycles. The van der Waals surface area contributed by atoms with Crippen LogP contribution in [0.5, 0.6) is 0 Å². The first-order valence-corrected chi connectivity index (χ1v) is 5.63. The molecular weight excluding hydrogens is 174 g/mol. The van der Waals surface area contributed by atoms with E-state index in [1.807, 2.05) is 0 Å². The van der Waals surface area contributed by atoms with Crippen molar-refractivity contribution in [1.29, 1.82) is 0 Å². The zero-order valence-corrected chi connectivity index (χ0v) is 10.5. The van der Waals surface area contributed by atoms with Crippen LogP contribution in [0, 0.1) is 11.3 Å². The van der Waals surface area contributed by atoms with Crippen molar-refractivity contribution in [3.8, 4) is 0 Å². The molecule has 2 heteroatoms. The van der Waals surface area contributed by atoms with Crippen molar-refractivity contribution in [2.75, 3.05) is 0 Å². The maximum atomic E-state index is 5.63. The summed E-state index contributed by atoms with van der Waals surface area (Å²) in [5.74, 6) is 0.715. The fourth-order valence-corrected chi connectivity index (χ4v) is 2.30. The monoisotopic (exact) mass is 199 g/mol. The fourth-order valence-electron chi connectivity index (χ4n) is 2.30. The second kappa shape index (κ2) is 3.82. The van der Waals surface area contributed by atoms with Crippen molar-refractivity contribution in [3.63, 3.8) is 0 Å². The standard InChI is InChI=1S/C12H25NO/c1-9-7-12(5,6)8-10(9)13-14-11(2,3)4/h9-10,13H,7-8H2,1-6H3. The summed E-state index contributed by atoms with van der Waals surface area (Å²) >= 11 is 0. The van der Waals surface area contributed by atoms with Crippen molar-refractivity contribution in [2.45, 2.75) is 66.0 Å². The van der Waals surface area contributed by atoms with Crippen LogP contribution in [0.2, 0.25) is 0 Å². The summed E-state index contributed by atoms with van der Waals surface area (Å²) in [4.78, 5) is 5.63. The Labute approximate surface area is 88.4 Å². The molecule has 2 nitrogen and oxygen atoms in total. The van der Waals surface area contributed by atoms with Gasteiger partial charge in [-0.2, -0.15) is 5.48 Å². The Bertz CT molecular complexity index is 193. The molecule has 0 bridgehead atoms. The maximum absolute atomic E-state index is 5.63. The molecule has 2 unspecified atom stereocenters. The van der Waals surface area contributed by atoms with Gasteiger partial charge in [0, 0.05) is 6.04 Å². The quantitative estimate of drug-likeness (QED) is 0.690. The van der Waals surface area contributed by atoms with Crippen LogP contribution in [-0.4, -0.2) is 11.6 Å². The number of hydrogen-bond acceptors (Lipinski definition) is 2. The van der Waals surface area contributed by atoms with Gasteiger partial charge in [-0.05, 0) is 44.9 Å². The van der Waals surface area contributed by atoms with Gasteiger partial charge in [0.2, 0.25) is 0 Å². The van der Waals surface area contributed by atoms with Crippen molar-refractivity contribution >= 4 is 0 Å². The minimum atomic E-state index is -0.0908. The summed E-state index contributed by atoms with van der Waals surface area (Å²) < 4.78 is 0. The zero-order chi connectivity index (χ0) is 11.0. The predicted octanol–water partition coefficient (Wildman–Crippen LogP) is 3.13. The van der Waals surface area contributed by atoms with Crippen LogP contribution in [0.1, 0.15) is 54.4 Å². The lowest BCUT2D eigenvalue weighted by Crippen LogP contribution is -2.38. The lowest BCUT2D eigenvalue weighted by atomic mass is 9.91. The van der Waals surface area contributed by atoms with Crippen LogP contribution in [0.15, 0.2) is 0 Å². The molecule has 0 amide bonds. The summed E-state index contributed by atoms with van der Waals surface area (Å²) in [5.41, 5.74) is 3.61. The van der Waals surface area contributed by atoms with Gasteiger partial charge in [0.15, 0.2) is 0 Å². The molecule has 1 fully saturated rings. The summed E-state index contributed by atoms with van der Waals surface area (Å²) in [7, 11) is 0. The topological polar surface area (TPSA) is 21.3 Å². The fraction of sp³-hybridized carbons (Fsp3) is 1.00. The normalized spacial score (nSPS) is 32.1. The Morgan fingerprint density at radius 1 is 1.21 bits per heavy atom. The van der Waals surface area contributed by atoms with Gasteiger partial charge in [-0.15, -0.1) is 0 Å². The minimum absolute atomic E-state index is 0.0908. The molecule has 1 saturated carbocycles. The van der Waals surface area contributed by atoms with E-state index in [9.17, 15) is 0 Å². The van der Waals surface area contributed by atoms with Gasteiger partial charge in [-0.25, -0.2) is 0 Å². The summed E-state index contributed by atoms with van der Waals surface area (Å²) in [6.45, 7) is 13.2. The third-order valence-electron chi connectivity index (χ3n) is 2.85. The van der Waals surface area contributed by atoms with Gasteiger partial charge in [0.1, 0.15) is 0 Å². The molecule has 1 rings (SSSR count). The van der Waals surface area contributed by atoms with E-state index in [0.717, 1.165) is 0 Å². The maximum Gasteiger partial charge on any atom is 0.0813 e. The molecular formula is C12H25NO. The highest BCUT2D eigenvalue weighted by atomic mass is 16.7. The Hall–Kier alpha value is -0.0800. The van der Waals surface area contributed by atoms with Crippen LogP contribution in [0.25, 0.3) is 0 Å². The number of hydrogen-bond donors (Lipinski definition) is 1. The molecule has 0 radical (unpaired) electrons. The van der Waals surface area contributed by atoms with Crippen molar-refractivity contribution in [1.82, 2.24) is 5.48 Å². The molecule has 1 aliphatic rings. The van der Waals surface area contributed by atoms with E-state index in [4.69, 9.17) is 4.84 Å². The van der Waals surface area contributed by atoms with Crippen LogP contribution in [0.3, 0.4) is 0 Å². The Balaban J connectivity index is 2.40. The molecule has 0 aromatic carbocycles. The number of hydroxylamine groups is 1. The van der Waals surface area contributed by atoms with E-state index >= 15 is 0 Å². The first-order chi connectivity index (χ1) is 6.20. The Morgan fingerprint density at radius 3 is 2.14 bits per heavy atom. The molecule has 84 valence electrons. The molecule has 1 N–H and O–H groups in total. The highest BCUT2D eigenvalue weighted by molar-refractivity contribution is 4.89. The van der Waals surface area contributed by atoms with Crippen LogP contribution in [-0.2, 0) is 4.84 Å². The predicted molar refractivity (Wildman–Crippen MR) is 59.9 cm³/mol. The van der Waals surface area contributed by atoms with Crippen molar-refractivity contribution in [2.24, 2.45) is 11.3 Å². The van der Waals surface area contributed by atoms with Gasteiger partial charge >= 0.3 is 0 Å². The lowest BCUT2D eigenvalue weighted by molar-refractivity contribution is -0.0929. The third kappa shape index (κ3) is 3.58. The first-order valence-electron chi connectivity index (χ1n) is 5.63. The number of rotatable bonds is 2. The zero-order valence-electron chi connectivity index (χ0n) is 10.5. The molecule has 2 atom stereocenters. The largest absolute Gasteiger partial charge is 0.296 e. The summed E-state index contributed by atoms with van der Waals surface area (Å²) in [6.07, 6.45) is 2.50. The van der Waals surface area contributed by atoms with Gasteiger partial charge < -0.3 is 0 Å². The third-order valence-corrected chi connectivity index (χ3v) is 2.85. The van der Waals surface area contributed by atoms with E-state index in [1.165, 1.54) is 12.8 Å². The van der Waals surface area contributed by atoms with Crippen LogP contribution >= 0.6 is 0 Å². The molecule has 0 spiro atoms. The lowest BCUT2D eigenvalue weighted by Gasteiger charge is -2.25. The van der Waals surface area contributed by atoms with Gasteiger partial charge in [0.05, 0.1) is 5.60 Å². The molecule has 1 aliphatic carbocycles. The highest BCUT2D eigenvalue weighted by Crippen LogP contribution is 2.40. The average Bonchev–Trinajstić information content (AvgIpc) is 2.19. The highest BCUT2D eigenvalue weighted by Gasteiger charge is 2.37. The van der Waals surface area contributed by atoms with E-state index in [1.54, 1.807) is 0 Å². The second-order valence-electron chi connectivity index (χ2n) is 6.49. The van der Waals surface area contributed by atoms with E-state index in [2.05, 4.69) is 47.0 Å². The molecule has 0 aliphatic heterocycles. The van der Waals surface area contributed by atoms with Gasteiger partial charge in [-0.1, -0.05) is 20.8 Å². The van der Waals surface area contributed by atoms with E-state index < -0.39 is 0 Å². The first kappa shape index (κ1) is 12.0. The molecule has 0 aromatic rings. The number of nitrogens with one attached hydrogen (secondary N) is 1. The van der Waals surface area contributed by atoms with Crippen molar-refractivity contribution < 1.29 is 4.84 Å². The minimum Gasteiger partial charge on any atom is -0.296 e. The summed E-state index contributed by atoms with van der Waals surface area (Å²) in [5, 5.41) is 0. The summed E-state index contributed by atoms with van der Waals surface area (Å²) in [6, 6.07) is 0.518. The van der Waals surface area contributed by atoms with E-state index in [0.29, 0.717) is 17.4 Å². The van der Waals surface area contributed by atoms with Crippen LogP contribution in [0.4, 0.5) is 0 Å². The Morgan fingerprint density at radius 2 is 1.79 bits per heavy atom. The molecule has 0 heterocycles. The van der Waals surface area contributed by atoms with Gasteiger partial charge in [-0.3, -0.25) is 4.84 Å². The van der Waals surface area contributed by atoms with Crippen LogP contribution < -0.4 is 5.48 Å². The smallest absolute Gasteiger partial charge is 0.0813 e. The SMILES string of the molecule is CC1CC(C)(C)CC1NOC(C)(C)C.